The number of benzene rings is 4. The van der Waals surface area contributed by atoms with Gasteiger partial charge >= 0.3 is 0 Å². The predicted molar refractivity (Wildman–Crippen MR) is 236 cm³/mol. The van der Waals surface area contributed by atoms with Crippen molar-refractivity contribution in [3.63, 3.8) is 0 Å². The molecule has 4 aromatic rings. The second kappa shape index (κ2) is 23.1. The molecule has 1 aliphatic rings. The van der Waals surface area contributed by atoms with Gasteiger partial charge in [-0.2, -0.15) is 5.26 Å². The highest BCUT2D eigenvalue weighted by atomic mass is 16.5. The third-order valence-corrected chi connectivity index (χ3v) is 10.1. The third kappa shape index (κ3) is 12.8. The Kier molecular flexibility index (Phi) is 17.2. The maximum atomic E-state index is 14.1. The first kappa shape index (κ1) is 46.1. The summed E-state index contributed by atoms with van der Waals surface area (Å²) in [6.45, 7) is 2.99. The molecule has 2 atom stereocenters. The fourth-order valence-corrected chi connectivity index (χ4v) is 6.89. The van der Waals surface area contributed by atoms with Crippen LogP contribution in [0.1, 0.15) is 53.7 Å². The van der Waals surface area contributed by atoms with Gasteiger partial charge in [-0.3, -0.25) is 24.0 Å². The zero-order valence-electron chi connectivity index (χ0n) is 35.1. The lowest BCUT2D eigenvalue weighted by atomic mass is 9.94. The van der Waals surface area contributed by atoms with Gasteiger partial charge in [0, 0.05) is 55.6 Å². The van der Waals surface area contributed by atoms with Crippen LogP contribution in [0.5, 0.6) is 11.5 Å². The van der Waals surface area contributed by atoms with Gasteiger partial charge in [-0.05, 0) is 83.6 Å². The van der Waals surface area contributed by atoms with Crippen LogP contribution in [0.25, 0.3) is 22.3 Å². The lowest BCUT2D eigenvalue weighted by molar-refractivity contribution is -0.139. The van der Waals surface area contributed by atoms with Crippen LogP contribution in [-0.4, -0.2) is 100 Å². The lowest BCUT2D eigenvalue weighted by Gasteiger charge is -2.29. The summed E-state index contributed by atoms with van der Waals surface area (Å²) in [5.74, 6) is -1.90. The predicted octanol–water partition coefficient (Wildman–Crippen LogP) is 3.02. The van der Waals surface area contributed by atoms with Crippen LogP contribution >= 0.6 is 0 Å². The average molecular weight is 846 g/mol. The van der Waals surface area contributed by atoms with Gasteiger partial charge in [0.2, 0.25) is 23.6 Å². The Bertz CT molecular complexity index is 2230. The Labute approximate surface area is 361 Å². The van der Waals surface area contributed by atoms with Gasteiger partial charge in [0.25, 0.3) is 5.91 Å². The number of nitriles is 1. The molecule has 62 heavy (non-hydrogen) atoms. The van der Waals surface area contributed by atoms with Gasteiger partial charge in [0.15, 0.2) is 0 Å². The zero-order valence-corrected chi connectivity index (χ0v) is 35.1. The minimum atomic E-state index is -1.28. The number of nitrogens with one attached hydrogen (secondary N) is 5. The molecule has 326 valence electrons. The van der Waals surface area contributed by atoms with Crippen LogP contribution in [0.3, 0.4) is 0 Å². The summed E-state index contributed by atoms with van der Waals surface area (Å²) in [7, 11) is 1.44. The van der Waals surface area contributed by atoms with Gasteiger partial charge < -0.3 is 52.4 Å². The van der Waals surface area contributed by atoms with E-state index < -0.39 is 54.7 Å². The minimum Gasteiger partial charge on any atom is -0.492 e. The number of hydrogen-bond acceptors (Lipinski definition) is 11. The van der Waals surface area contributed by atoms with Crippen molar-refractivity contribution in [1.29, 1.82) is 5.26 Å². The maximum absolute atomic E-state index is 14.1. The highest BCUT2D eigenvalue weighted by Crippen LogP contribution is 2.40. The molecule has 1 heterocycles. The van der Waals surface area contributed by atoms with Gasteiger partial charge in [-0.15, -0.1) is 0 Å². The van der Waals surface area contributed by atoms with E-state index in [4.69, 9.17) is 26.2 Å². The zero-order chi connectivity index (χ0) is 44.4. The van der Waals surface area contributed by atoms with Gasteiger partial charge in [-0.1, -0.05) is 49.7 Å². The average Bonchev–Trinajstić information content (AvgIpc) is 3.28. The number of ether oxygens (including phenoxy) is 2. The summed E-state index contributed by atoms with van der Waals surface area (Å²) in [6, 6.07) is 25.5. The molecule has 16 nitrogen and oxygen atoms in total. The quantitative estimate of drug-likeness (QED) is 0.0718. The normalized spacial score (nSPS) is 14.8. The topological polar surface area (TPSA) is 243 Å². The van der Waals surface area contributed by atoms with Crippen molar-refractivity contribution < 1.29 is 33.4 Å². The minimum absolute atomic E-state index is 0.00198. The number of nitrogens with two attached hydrogens (primary N) is 2. The van der Waals surface area contributed by atoms with E-state index in [-0.39, 0.29) is 45.7 Å². The summed E-state index contributed by atoms with van der Waals surface area (Å²) in [5, 5.41) is 23.2. The molecule has 0 aliphatic carbocycles. The van der Waals surface area contributed by atoms with E-state index in [1.165, 1.54) is 11.9 Å². The maximum Gasteiger partial charge on any atom is 0.251 e. The number of rotatable bonds is 18. The first-order valence-electron chi connectivity index (χ1n) is 20.7. The van der Waals surface area contributed by atoms with Crippen LogP contribution in [0.2, 0.25) is 0 Å². The van der Waals surface area contributed by atoms with Crippen LogP contribution in [0.4, 0.5) is 5.69 Å². The first-order valence-corrected chi connectivity index (χ1v) is 20.7. The second-order valence-corrected chi connectivity index (χ2v) is 14.7. The van der Waals surface area contributed by atoms with Crippen LogP contribution in [-0.2, 0) is 25.6 Å². The molecule has 16 heteroatoms. The van der Waals surface area contributed by atoms with E-state index >= 15 is 0 Å². The molecule has 4 bridgehead atoms. The highest BCUT2D eigenvalue weighted by Gasteiger charge is 2.31. The number of anilines is 1. The van der Waals surface area contributed by atoms with Crippen molar-refractivity contribution in [3.05, 3.63) is 102 Å². The van der Waals surface area contributed by atoms with E-state index in [1.54, 1.807) is 42.5 Å². The van der Waals surface area contributed by atoms with Crippen molar-refractivity contribution in [1.82, 2.24) is 26.2 Å². The summed E-state index contributed by atoms with van der Waals surface area (Å²) < 4.78 is 12.1. The number of amides is 5. The molecule has 0 saturated heterocycles. The molecule has 0 radical (unpaired) electrons. The lowest BCUT2D eigenvalue weighted by Crippen LogP contribution is -2.50. The summed E-state index contributed by atoms with van der Waals surface area (Å²) in [5.41, 5.74) is 17.2. The Morgan fingerprint density at radius 2 is 1.52 bits per heavy atom. The molecule has 0 aromatic heterocycles. The van der Waals surface area contributed by atoms with Gasteiger partial charge in [0.05, 0.1) is 25.2 Å². The molecular formula is C46H55N9O7. The van der Waals surface area contributed by atoms with Gasteiger partial charge in [0.1, 0.15) is 37.2 Å². The Morgan fingerprint density at radius 3 is 2.16 bits per heavy atom. The molecule has 2 unspecified atom stereocenters. The van der Waals surface area contributed by atoms with E-state index in [2.05, 4.69) is 33.5 Å². The number of carbonyl (C=O) groups excluding carboxylic acids is 5. The summed E-state index contributed by atoms with van der Waals surface area (Å²) >= 11 is 0. The molecular weight excluding hydrogens is 791 g/mol. The van der Waals surface area contributed by atoms with Crippen LogP contribution in [0, 0.1) is 11.3 Å². The molecule has 0 fully saturated rings. The monoisotopic (exact) mass is 845 g/mol. The van der Waals surface area contributed by atoms with Crippen molar-refractivity contribution in [3.8, 4) is 39.8 Å². The first-order chi connectivity index (χ1) is 30.0. The number of likely N-dealkylation sites (N-methyl/N-ethyl adjacent to an activating group) is 1. The van der Waals surface area contributed by atoms with E-state index in [9.17, 15) is 24.0 Å². The van der Waals surface area contributed by atoms with Crippen LogP contribution < -0.4 is 47.5 Å². The molecule has 4 aromatic carbocycles. The SMILES string of the molecule is CCCCNc1ccc(-c2ccc(C(=O)NCC(=O)N(C)C3C(=O)NCC(=O)NC(CNC(=O)CC#N)Cc4ccc(OCCN)c(c4)-c4cc3ccc4OCCN)cc2)cc1. The molecule has 0 saturated carbocycles. The standard InChI is InChI=1S/C46H55N9O7/c1-3-4-21-50-35-13-10-32(11-14-35)31-6-8-33(9-7-31)45(59)53-29-43(58)55(2)44-34-12-16-40(62-23-20-49)38(26-34)37-25-30(5-15-39(37)61-22-19-48)24-36(27-51-41(56)17-18-47)54-42(57)28-52-46(44)60/h5-16,25-26,36,44,50H,3-4,17,19-24,27-29,48-49H2,1-2H3,(H,51,56)(H,52,60)(H,53,59)(H,54,57). The molecule has 5 amide bonds. The van der Waals surface area contributed by atoms with E-state index in [0.717, 1.165) is 41.8 Å². The highest BCUT2D eigenvalue weighted by molar-refractivity contribution is 5.98. The molecule has 0 spiro atoms. The third-order valence-electron chi connectivity index (χ3n) is 10.1. The fraction of sp³-hybridized carbons (Fsp3) is 0.348. The Morgan fingerprint density at radius 1 is 0.871 bits per heavy atom. The van der Waals surface area contributed by atoms with E-state index in [0.29, 0.717) is 33.8 Å². The number of nitrogens with zero attached hydrogens (tertiary/aromatic N) is 2. The second-order valence-electron chi connectivity index (χ2n) is 14.7. The Balaban J connectivity index is 1.41. The van der Waals surface area contributed by atoms with Crippen molar-refractivity contribution in [2.24, 2.45) is 11.5 Å². The molecule has 9 N–H and O–H groups in total. The van der Waals surface area contributed by atoms with E-state index in [1.807, 2.05) is 48.5 Å². The number of fused-ring (bicyclic) bond motifs is 5. The van der Waals surface area contributed by atoms with Crippen molar-refractivity contribution in [2.75, 3.05) is 64.8 Å². The number of carbonyl (C=O) groups is 5. The summed E-state index contributed by atoms with van der Waals surface area (Å²) in [4.78, 5) is 68.0. The van der Waals surface area contributed by atoms with Gasteiger partial charge in [-0.25, -0.2) is 0 Å². The molecule has 5 rings (SSSR count). The fourth-order valence-electron chi connectivity index (χ4n) is 6.89. The number of unbranched alkanes of at least 4 members (excludes halogenated alkanes) is 1. The number of hydrogen-bond donors (Lipinski definition) is 7. The van der Waals surface area contributed by atoms with Crippen LogP contribution in [0.15, 0.2) is 84.9 Å². The van der Waals surface area contributed by atoms with Crippen molar-refractivity contribution in [2.45, 2.75) is 44.7 Å². The smallest absolute Gasteiger partial charge is 0.251 e. The summed E-state index contributed by atoms with van der Waals surface area (Å²) in [6.07, 6.45) is 2.10. The largest absolute Gasteiger partial charge is 0.492 e. The molecule has 1 aliphatic heterocycles. The van der Waals surface area contributed by atoms with Crippen molar-refractivity contribution >= 4 is 35.2 Å². The Hall–Kier alpha value is -6.96.